The Kier molecular flexibility index (Phi) is 5.14. The molecule has 0 aromatic heterocycles. The Balaban J connectivity index is 1.71. The molecule has 160 valence electrons. The zero-order chi connectivity index (χ0) is 22.2. The van der Waals surface area contributed by atoms with Crippen LogP contribution in [0.15, 0.2) is 90.1 Å². The molecule has 32 heavy (non-hydrogen) atoms. The summed E-state index contributed by atoms with van der Waals surface area (Å²) in [6.07, 6.45) is 1.17. The fraction of sp³-hybridized carbons (Fsp3) is 0.214. The number of amides is 1. The molecule has 1 aliphatic heterocycles. The average Bonchev–Trinajstić information content (AvgIpc) is 2.95. The first-order valence-corrected chi connectivity index (χ1v) is 11.1. The zero-order valence-electron chi connectivity index (χ0n) is 18.3. The van der Waals surface area contributed by atoms with Crippen molar-refractivity contribution in [2.24, 2.45) is 0 Å². The molecule has 1 aliphatic carbocycles. The summed E-state index contributed by atoms with van der Waals surface area (Å²) in [5.41, 5.74) is 6.52. The topological polar surface area (TPSA) is 49.4 Å². The van der Waals surface area contributed by atoms with Crippen LogP contribution in [0.25, 0.3) is 0 Å². The molecule has 2 atom stereocenters. The molecule has 5 rings (SSSR count). The third-order valence-electron chi connectivity index (χ3n) is 6.49. The predicted octanol–water partition coefficient (Wildman–Crippen LogP) is 5.92. The molecule has 1 amide bonds. The van der Waals surface area contributed by atoms with Crippen molar-refractivity contribution < 1.29 is 9.59 Å². The summed E-state index contributed by atoms with van der Waals surface area (Å²) in [6, 6.07) is 25.7. The van der Waals surface area contributed by atoms with Crippen LogP contribution in [-0.4, -0.2) is 11.7 Å². The van der Waals surface area contributed by atoms with Gasteiger partial charge in [0.15, 0.2) is 5.78 Å². The highest BCUT2D eigenvalue weighted by molar-refractivity contribution is 6.06. The number of allylic oxidation sites excluding steroid dienone is 1. The van der Waals surface area contributed by atoms with E-state index < -0.39 is 6.04 Å². The van der Waals surface area contributed by atoms with Crippen molar-refractivity contribution in [2.75, 3.05) is 10.2 Å². The van der Waals surface area contributed by atoms with Crippen molar-refractivity contribution in [3.8, 4) is 0 Å². The minimum Gasteiger partial charge on any atom is -0.357 e. The van der Waals surface area contributed by atoms with Gasteiger partial charge >= 0.3 is 0 Å². The molecule has 4 heteroatoms. The van der Waals surface area contributed by atoms with Crippen LogP contribution < -0.4 is 10.2 Å². The number of carbonyl (C=O) groups is 2. The number of carbonyl (C=O) groups excluding carboxylic acids is 2. The number of benzene rings is 3. The lowest BCUT2D eigenvalue weighted by Crippen LogP contribution is -2.37. The Hall–Kier alpha value is -3.66. The number of anilines is 2. The van der Waals surface area contributed by atoms with Crippen LogP contribution in [0.4, 0.5) is 11.4 Å². The van der Waals surface area contributed by atoms with E-state index >= 15 is 0 Å². The molecule has 0 saturated heterocycles. The lowest BCUT2D eigenvalue weighted by molar-refractivity contribution is -0.117. The summed E-state index contributed by atoms with van der Waals surface area (Å²) in [4.78, 5) is 28.5. The summed E-state index contributed by atoms with van der Waals surface area (Å²) >= 11 is 0. The van der Waals surface area contributed by atoms with Crippen molar-refractivity contribution in [3.05, 3.63) is 107 Å². The molecular formula is C28H26N2O2. The van der Waals surface area contributed by atoms with E-state index in [1.807, 2.05) is 73.7 Å². The predicted molar refractivity (Wildman–Crippen MR) is 128 cm³/mol. The number of fused-ring (bicyclic) bond motifs is 1. The van der Waals surface area contributed by atoms with Gasteiger partial charge in [-0.3, -0.25) is 14.5 Å². The fourth-order valence-corrected chi connectivity index (χ4v) is 4.96. The van der Waals surface area contributed by atoms with Gasteiger partial charge in [0.05, 0.1) is 17.4 Å². The monoisotopic (exact) mass is 422 g/mol. The molecule has 2 aliphatic rings. The van der Waals surface area contributed by atoms with Crippen molar-refractivity contribution in [1.29, 1.82) is 0 Å². The van der Waals surface area contributed by atoms with Crippen molar-refractivity contribution in [1.82, 2.24) is 0 Å². The lowest BCUT2D eigenvalue weighted by atomic mass is 9.78. The second-order valence-electron chi connectivity index (χ2n) is 8.68. The highest BCUT2D eigenvalue weighted by Gasteiger charge is 2.40. The quantitative estimate of drug-likeness (QED) is 0.558. The van der Waals surface area contributed by atoms with Crippen LogP contribution in [0.1, 0.15) is 48.4 Å². The van der Waals surface area contributed by atoms with E-state index in [9.17, 15) is 9.59 Å². The van der Waals surface area contributed by atoms with Crippen molar-refractivity contribution >= 4 is 23.1 Å². The molecule has 0 bridgehead atoms. The van der Waals surface area contributed by atoms with Gasteiger partial charge in [-0.25, -0.2) is 0 Å². The number of nitrogens with one attached hydrogen (secondary N) is 1. The summed E-state index contributed by atoms with van der Waals surface area (Å²) in [5.74, 6) is 0.124. The molecule has 0 spiro atoms. The number of rotatable bonds is 2. The largest absolute Gasteiger partial charge is 0.357 e. The van der Waals surface area contributed by atoms with Crippen LogP contribution in [0.5, 0.6) is 0 Å². The van der Waals surface area contributed by atoms with Gasteiger partial charge in [0, 0.05) is 24.6 Å². The first-order chi connectivity index (χ1) is 15.5. The van der Waals surface area contributed by atoms with E-state index in [-0.39, 0.29) is 17.6 Å². The molecular weight excluding hydrogens is 396 g/mol. The highest BCUT2D eigenvalue weighted by Crippen LogP contribution is 2.47. The standard InChI is InChI=1S/C28H26N2O2/c1-18-12-14-21(15-13-18)28-27-24(16-22(17-26(27)32)20-8-4-3-5-9-20)29-23-10-6-7-11-25(23)30(28)19(2)31/h3-15,22,28-29H,16-17H2,1-2H3/t22-,28-/m1/s1. The first-order valence-electron chi connectivity index (χ1n) is 11.1. The first kappa shape index (κ1) is 20.3. The normalized spacial score (nSPS) is 20.2. The third-order valence-corrected chi connectivity index (χ3v) is 6.49. The van der Waals surface area contributed by atoms with Gasteiger partial charge in [-0.1, -0.05) is 72.3 Å². The smallest absolute Gasteiger partial charge is 0.224 e. The zero-order valence-corrected chi connectivity index (χ0v) is 18.3. The van der Waals surface area contributed by atoms with Crippen molar-refractivity contribution in [2.45, 2.75) is 38.6 Å². The van der Waals surface area contributed by atoms with Gasteiger partial charge in [-0.15, -0.1) is 0 Å². The van der Waals surface area contributed by atoms with Crippen LogP contribution in [0.3, 0.4) is 0 Å². The van der Waals surface area contributed by atoms with Crippen LogP contribution in [-0.2, 0) is 9.59 Å². The van der Waals surface area contributed by atoms with E-state index in [1.165, 1.54) is 5.56 Å². The van der Waals surface area contributed by atoms with Gasteiger partial charge in [0.1, 0.15) is 0 Å². The van der Waals surface area contributed by atoms with Crippen molar-refractivity contribution in [3.63, 3.8) is 0 Å². The number of ketones is 1. The number of nitrogens with zero attached hydrogens (tertiary/aromatic N) is 1. The number of para-hydroxylation sites is 2. The Bertz CT molecular complexity index is 1210. The molecule has 3 aromatic carbocycles. The second kappa shape index (κ2) is 8.12. The third kappa shape index (κ3) is 3.52. The Labute approximate surface area is 188 Å². The SMILES string of the molecule is CC(=O)N1c2ccccc2NC2=C(C(=O)C[C@H](c3ccccc3)C2)[C@H]1c1ccc(C)cc1. The highest BCUT2D eigenvalue weighted by atomic mass is 16.2. The number of Topliss-reactive ketones (excluding diaryl/α,β-unsaturated/α-hetero) is 1. The van der Waals surface area contributed by atoms with Gasteiger partial charge in [-0.05, 0) is 42.5 Å². The molecule has 1 heterocycles. The Morgan fingerprint density at radius 3 is 2.28 bits per heavy atom. The molecule has 0 radical (unpaired) electrons. The Morgan fingerprint density at radius 2 is 1.56 bits per heavy atom. The van der Waals surface area contributed by atoms with E-state index in [4.69, 9.17) is 0 Å². The van der Waals surface area contributed by atoms with E-state index in [0.717, 1.165) is 34.6 Å². The number of aryl methyl sites for hydroxylation is 1. The van der Waals surface area contributed by atoms with Gasteiger partial charge in [0.2, 0.25) is 5.91 Å². The summed E-state index contributed by atoms with van der Waals surface area (Å²) in [7, 11) is 0. The van der Waals surface area contributed by atoms with E-state index in [2.05, 4.69) is 17.4 Å². The maximum Gasteiger partial charge on any atom is 0.224 e. The lowest BCUT2D eigenvalue weighted by Gasteiger charge is -2.34. The van der Waals surface area contributed by atoms with E-state index in [0.29, 0.717) is 12.0 Å². The maximum atomic E-state index is 13.7. The van der Waals surface area contributed by atoms with Crippen LogP contribution >= 0.6 is 0 Å². The molecule has 0 saturated carbocycles. The number of hydrogen-bond donors (Lipinski definition) is 1. The Morgan fingerprint density at radius 1 is 0.875 bits per heavy atom. The van der Waals surface area contributed by atoms with Gasteiger partial charge in [0.25, 0.3) is 0 Å². The fourth-order valence-electron chi connectivity index (χ4n) is 4.96. The minimum absolute atomic E-state index is 0.0865. The summed E-state index contributed by atoms with van der Waals surface area (Å²) in [6.45, 7) is 3.61. The average molecular weight is 423 g/mol. The van der Waals surface area contributed by atoms with Gasteiger partial charge in [-0.2, -0.15) is 0 Å². The molecule has 1 N–H and O–H groups in total. The van der Waals surface area contributed by atoms with Crippen LogP contribution in [0.2, 0.25) is 0 Å². The van der Waals surface area contributed by atoms with Crippen LogP contribution in [0, 0.1) is 6.92 Å². The summed E-state index contributed by atoms with van der Waals surface area (Å²) < 4.78 is 0. The molecule has 0 fully saturated rings. The molecule has 4 nitrogen and oxygen atoms in total. The molecule has 0 unspecified atom stereocenters. The molecule has 3 aromatic rings. The number of hydrogen-bond acceptors (Lipinski definition) is 3. The van der Waals surface area contributed by atoms with E-state index in [1.54, 1.807) is 11.8 Å². The summed E-state index contributed by atoms with van der Waals surface area (Å²) in [5, 5.41) is 3.55. The second-order valence-corrected chi connectivity index (χ2v) is 8.68. The van der Waals surface area contributed by atoms with Gasteiger partial charge < -0.3 is 5.32 Å². The maximum absolute atomic E-state index is 13.7. The minimum atomic E-state index is -0.455.